The van der Waals surface area contributed by atoms with Gasteiger partial charge in [0.25, 0.3) is 0 Å². The van der Waals surface area contributed by atoms with Crippen molar-refractivity contribution in [3.63, 3.8) is 0 Å². The second kappa shape index (κ2) is 6.07. The van der Waals surface area contributed by atoms with Crippen LogP contribution in [0.4, 0.5) is 0 Å². The molecule has 3 rings (SSSR count). The topological polar surface area (TPSA) is 91.9 Å². The average molecular weight is 325 g/mol. The fourth-order valence-corrected chi connectivity index (χ4v) is 2.43. The Hall–Kier alpha value is -3.29. The number of hydrogen-bond acceptors (Lipinski definition) is 6. The minimum absolute atomic E-state index is 0.0906. The first-order valence-electron chi connectivity index (χ1n) is 7.19. The molecule has 0 aliphatic carbocycles. The molecule has 0 spiro atoms. The van der Waals surface area contributed by atoms with Gasteiger partial charge in [0, 0.05) is 0 Å². The van der Waals surface area contributed by atoms with Crippen molar-refractivity contribution in [1.29, 1.82) is 0 Å². The van der Waals surface area contributed by atoms with Crippen LogP contribution in [0.15, 0.2) is 30.3 Å². The average Bonchev–Trinajstić information content (AvgIpc) is 3.14. The van der Waals surface area contributed by atoms with E-state index in [0.717, 1.165) is 12.0 Å². The Balaban J connectivity index is 2.26. The van der Waals surface area contributed by atoms with Gasteiger partial charge in [0.1, 0.15) is 0 Å². The summed E-state index contributed by atoms with van der Waals surface area (Å²) in [6, 6.07) is 9.34. The van der Waals surface area contributed by atoms with Crippen molar-refractivity contribution < 1.29 is 14.3 Å². The summed E-state index contributed by atoms with van der Waals surface area (Å²) in [4.78, 5) is 23.3. The predicted octanol–water partition coefficient (Wildman–Crippen LogP) is 1.67. The Labute approximate surface area is 137 Å². The van der Waals surface area contributed by atoms with Gasteiger partial charge >= 0.3 is 5.97 Å². The summed E-state index contributed by atoms with van der Waals surface area (Å²) in [7, 11) is 1.27. The van der Waals surface area contributed by atoms with Crippen LogP contribution in [0.25, 0.3) is 11.5 Å². The second-order valence-electron chi connectivity index (χ2n) is 5.11. The summed E-state index contributed by atoms with van der Waals surface area (Å²) in [5.41, 5.74) is 2.25. The molecule has 0 amide bonds. The first kappa shape index (κ1) is 15.6. The molecule has 0 radical (unpaired) electrons. The number of methoxy groups -OCH3 is 1. The fraction of sp³-hybridized carbons (Fsp3) is 0.188. The molecule has 8 nitrogen and oxygen atoms in total. The summed E-state index contributed by atoms with van der Waals surface area (Å²) in [6.45, 7) is 3.42. The minimum Gasteiger partial charge on any atom is -0.464 e. The molecule has 0 fully saturated rings. The highest BCUT2D eigenvalue weighted by atomic mass is 16.5. The Kier molecular flexibility index (Phi) is 3.95. The van der Waals surface area contributed by atoms with E-state index in [1.165, 1.54) is 11.8 Å². The number of aldehydes is 1. The van der Waals surface area contributed by atoms with E-state index in [1.54, 1.807) is 18.5 Å². The lowest BCUT2D eigenvalue weighted by Crippen LogP contribution is -2.11. The highest BCUT2D eigenvalue weighted by Crippen LogP contribution is 2.22. The third kappa shape index (κ3) is 2.37. The summed E-state index contributed by atoms with van der Waals surface area (Å²) in [5, 5.41) is 12.3. The smallest absolute Gasteiger partial charge is 0.360 e. The number of carbonyl (C=O) groups is 2. The second-order valence-corrected chi connectivity index (χ2v) is 5.11. The lowest BCUT2D eigenvalue weighted by Gasteiger charge is -2.09. The van der Waals surface area contributed by atoms with Crippen molar-refractivity contribution in [3.8, 4) is 11.5 Å². The zero-order valence-corrected chi connectivity index (χ0v) is 13.4. The van der Waals surface area contributed by atoms with Crippen LogP contribution in [0.5, 0.6) is 0 Å². The van der Waals surface area contributed by atoms with E-state index >= 15 is 0 Å². The lowest BCUT2D eigenvalue weighted by atomic mass is 10.2. The van der Waals surface area contributed by atoms with E-state index in [0.29, 0.717) is 22.8 Å². The van der Waals surface area contributed by atoms with Gasteiger partial charge in [0.2, 0.25) is 0 Å². The van der Waals surface area contributed by atoms with E-state index in [4.69, 9.17) is 4.74 Å². The molecule has 8 heteroatoms. The Morgan fingerprint density at radius 2 is 1.88 bits per heavy atom. The van der Waals surface area contributed by atoms with Gasteiger partial charge in [-0.1, -0.05) is 23.4 Å². The van der Waals surface area contributed by atoms with Gasteiger partial charge in [-0.05, 0) is 26.0 Å². The van der Waals surface area contributed by atoms with Gasteiger partial charge in [-0.3, -0.25) is 4.79 Å². The number of nitrogens with zero attached hydrogens (tertiary/aromatic N) is 5. The number of hydrogen-bond donors (Lipinski definition) is 0. The van der Waals surface area contributed by atoms with Crippen molar-refractivity contribution >= 4 is 12.3 Å². The number of carbonyl (C=O) groups excluding carboxylic acids is 2. The number of ether oxygens (including phenoxy) is 1. The van der Waals surface area contributed by atoms with E-state index in [1.807, 2.05) is 30.3 Å². The van der Waals surface area contributed by atoms with Crippen LogP contribution in [0, 0.1) is 13.8 Å². The van der Waals surface area contributed by atoms with E-state index < -0.39 is 5.97 Å². The van der Waals surface area contributed by atoms with Gasteiger partial charge < -0.3 is 4.74 Å². The molecule has 24 heavy (non-hydrogen) atoms. The zero-order chi connectivity index (χ0) is 17.3. The highest BCUT2D eigenvalue weighted by Gasteiger charge is 2.24. The number of esters is 1. The molecule has 2 aromatic heterocycles. The van der Waals surface area contributed by atoms with Crippen molar-refractivity contribution in [3.05, 3.63) is 53.0 Å². The molecule has 122 valence electrons. The molecular formula is C16H15N5O3. The van der Waals surface area contributed by atoms with Crippen molar-refractivity contribution in [2.24, 2.45) is 0 Å². The van der Waals surface area contributed by atoms with Crippen LogP contribution in [0.3, 0.4) is 0 Å². The molecule has 1 aromatic carbocycles. The maximum absolute atomic E-state index is 11.8. The molecule has 0 aliphatic rings. The summed E-state index contributed by atoms with van der Waals surface area (Å²) >= 11 is 0. The van der Waals surface area contributed by atoms with Crippen LogP contribution >= 0.6 is 0 Å². The van der Waals surface area contributed by atoms with Crippen LogP contribution in [0.2, 0.25) is 0 Å². The van der Waals surface area contributed by atoms with E-state index in [9.17, 15) is 9.59 Å². The summed E-state index contributed by atoms with van der Waals surface area (Å²) in [6.07, 6.45) is 0.718. The Bertz CT molecular complexity index is 911. The fourth-order valence-electron chi connectivity index (χ4n) is 2.43. The van der Waals surface area contributed by atoms with Gasteiger partial charge in [-0.15, -0.1) is 5.10 Å². The van der Waals surface area contributed by atoms with Crippen molar-refractivity contribution in [1.82, 2.24) is 24.8 Å². The molecule has 0 unspecified atom stereocenters. The molecular weight excluding hydrogens is 310 g/mol. The Morgan fingerprint density at radius 1 is 1.17 bits per heavy atom. The number of aromatic nitrogens is 5. The SMILES string of the molecule is COC(=O)c1nnn(-c2c(C=O)c(C)nn2-c2ccccc2)c1C. The third-order valence-corrected chi connectivity index (χ3v) is 3.67. The predicted molar refractivity (Wildman–Crippen MR) is 84.7 cm³/mol. The maximum atomic E-state index is 11.8. The molecule has 3 aromatic rings. The largest absolute Gasteiger partial charge is 0.464 e. The number of benzene rings is 1. The van der Waals surface area contributed by atoms with E-state index in [-0.39, 0.29) is 5.69 Å². The first-order chi connectivity index (χ1) is 11.6. The Morgan fingerprint density at radius 3 is 2.50 bits per heavy atom. The van der Waals surface area contributed by atoms with Gasteiger partial charge in [0.05, 0.1) is 29.7 Å². The van der Waals surface area contributed by atoms with Crippen LogP contribution in [0.1, 0.15) is 32.2 Å². The van der Waals surface area contributed by atoms with Crippen LogP contribution in [-0.4, -0.2) is 44.1 Å². The van der Waals surface area contributed by atoms with Crippen molar-refractivity contribution in [2.45, 2.75) is 13.8 Å². The molecule has 0 saturated heterocycles. The van der Waals surface area contributed by atoms with Crippen molar-refractivity contribution in [2.75, 3.05) is 7.11 Å². The maximum Gasteiger partial charge on any atom is 0.360 e. The lowest BCUT2D eigenvalue weighted by molar-refractivity contribution is 0.0593. The molecule has 0 atom stereocenters. The molecule has 0 N–H and O–H groups in total. The normalized spacial score (nSPS) is 10.6. The first-order valence-corrected chi connectivity index (χ1v) is 7.19. The molecule has 0 saturated carbocycles. The van der Waals surface area contributed by atoms with Gasteiger partial charge in [-0.2, -0.15) is 9.78 Å². The molecule has 0 aliphatic heterocycles. The van der Waals surface area contributed by atoms with Crippen LogP contribution in [-0.2, 0) is 4.74 Å². The van der Waals surface area contributed by atoms with Gasteiger partial charge in [-0.25, -0.2) is 9.48 Å². The van der Waals surface area contributed by atoms with Gasteiger partial charge in [0.15, 0.2) is 17.8 Å². The zero-order valence-electron chi connectivity index (χ0n) is 13.4. The summed E-state index contributed by atoms with van der Waals surface area (Å²) in [5.74, 6) is -0.164. The highest BCUT2D eigenvalue weighted by molar-refractivity contribution is 5.88. The standard InChI is InChI=1S/C16H15N5O3/c1-10-13(9-22)15(21(18-10)12-7-5-4-6-8-12)20-11(2)14(17-19-20)16(23)24-3/h4-9H,1-3H3. The minimum atomic E-state index is -0.589. The molecule has 0 bridgehead atoms. The summed E-state index contributed by atoms with van der Waals surface area (Å²) < 4.78 is 7.71. The monoisotopic (exact) mass is 325 g/mol. The third-order valence-electron chi connectivity index (χ3n) is 3.67. The van der Waals surface area contributed by atoms with Crippen LogP contribution < -0.4 is 0 Å². The quantitative estimate of drug-likeness (QED) is 0.535. The van der Waals surface area contributed by atoms with E-state index in [2.05, 4.69) is 15.4 Å². The number of aryl methyl sites for hydroxylation is 1. The molecule has 2 heterocycles. The number of rotatable bonds is 4. The number of para-hydroxylation sites is 1.